The number of rotatable bonds is 4. The van der Waals surface area contributed by atoms with E-state index in [0.717, 1.165) is 23.6 Å². The first-order chi connectivity index (χ1) is 14.7. The Labute approximate surface area is 182 Å². The lowest BCUT2D eigenvalue weighted by molar-refractivity contribution is 0.302. The largest absolute Gasteiger partial charge is 0.446 e. The van der Waals surface area contributed by atoms with Crippen molar-refractivity contribution in [1.29, 1.82) is 0 Å². The Morgan fingerprint density at radius 3 is 2.61 bits per heavy atom. The number of aromatic nitrogens is 4. The summed E-state index contributed by atoms with van der Waals surface area (Å²) in [4.78, 5) is 13.2. The van der Waals surface area contributed by atoms with E-state index in [1.54, 1.807) is 18.6 Å². The van der Waals surface area contributed by atoms with E-state index in [9.17, 15) is 0 Å². The Hall–Kier alpha value is -3.59. The fraction of sp³-hybridized carbons (Fsp3) is 0.320. The Balaban J connectivity index is 1.71. The zero-order valence-electron chi connectivity index (χ0n) is 18.6. The number of anilines is 1. The number of furan rings is 1. The number of hydrogen-bond donors (Lipinski definition) is 1. The second kappa shape index (κ2) is 7.92. The third kappa shape index (κ3) is 4.95. The highest BCUT2D eigenvalue weighted by Gasteiger charge is 2.28. The predicted octanol–water partition coefficient (Wildman–Crippen LogP) is 5.41. The normalized spacial score (nSPS) is 11.9. The van der Waals surface area contributed by atoms with Crippen LogP contribution in [0, 0.1) is 17.3 Å². The minimum atomic E-state index is -0.152. The SMILES string of the molecule is CC(C)(C)CC(C)(C)Nc1c(-c2ccc(C#Cc3ccccn3)o2)nc2cnccn12. The van der Waals surface area contributed by atoms with Crippen LogP contribution in [0.2, 0.25) is 0 Å². The summed E-state index contributed by atoms with van der Waals surface area (Å²) < 4.78 is 8.05. The van der Waals surface area contributed by atoms with Gasteiger partial charge in [-0.25, -0.2) is 9.97 Å². The first-order valence-corrected chi connectivity index (χ1v) is 10.3. The molecular weight excluding hydrogens is 386 g/mol. The maximum Gasteiger partial charge on any atom is 0.178 e. The van der Waals surface area contributed by atoms with Crippen molar-refractivity contribution >= 4 is 11.5 Å². The van der Waals surface area contributed by atoms with Crippen molar-refractivity contribution < 1.29 is 4.42 Å². The summed E-state index contributed by atoms with van der Waals surface area (Å²) in [5.41, 5.74) is 2.22. The maximum absolute atomic E-state index is 6.04. The third-order valence-corrected chi connectivity index (χ3v) is 4.68. The molecule has 4 rings (SSSR count). The Bertz CT molecular complexity index is 1250. The fourth-order valence-electron chi connectivity index (χ4n) is 3.98. The lowest BCUT2D eigenvalue weighted by Gasteiger charge is -2.34. The number of imidazole rings is 1. The van der Waals surface area contributed by atoms with Gasteiger partial charge in [-0.3, -0.25) is 9.38 Å². The summed E-state index contributed by atoms with van der Waals surface area (Å²) in [6.45, 7) is 11.1. The average molecular weight is 414 g/mol. The average Bonchev–Trinajstić information content (AvgIpc) is 3.30. The van der Waals surface area contributed by atoms with Gasteiger partial charge in [-0.2, -0.15) is 0 Å². The molecule has 0 unspecified atom stereocenters. The number of nitrogens with zero attached hydrogens (tertiary/aromatic N) is 4. The summed E-state index contributed by atoms with van der Waals surface area (Å²) in [5, 5.41) is 3.70. The van der Waals surface area contributed by atoms with Crippen molar-refractivity contribution in [3.8, 4) is 23.3 Å². The molecule has 6 nitrogen and oxygen atoms in total. The predicted molar refractivity (Wildman–Crippen MR) is 123 cm³/mol. The number of hydrogen-bond acceptors (Lipinski definition) is 5. The number of pyridine rings is 1. The van der Waals surface area contributed by atoms with E-state index in [-0.39, 0.29) is 11.0 Å². The molecule has 0 saturated carbocycles. The zero-order chi connectivity index (χ0) is 22.1. The molecule has 0 saturated heterocycles. The second-order valence-corrected chi connectivity index (χ2v) is 9.49. The molecule has 1 N–H and O–H groups in total. The van der Waals surface area contributed by atoms with Gasteiger partial charge in [-0.15, -0.1) is 0 Å². The Kier molecular flexibility index (Phi) is 5.28. The van der Waals surface area contributed by atoms with Gasteiger partial charge in [0.05, 0.1) is 6.20 Å². The second-order valence-electron chi connectivity index (χ2n) is 9.49. The molecule has 4 aromatic rings. The highest BCUT2D eigenvalue weighted by molar-refractivity contribution is 5.74. The van der Waals surface area contributed by atoms with Crippen LogP contribution in [0.3, 0.4) is 0 Å². The van der Waals surface area contributed by atoms with Crippen LogP contribution < -0.4 is 5.32 Å². The van der Waals surface area contributed by atoms with Crippen LogP contribution in [0.25, 0.3) is 17.1 Å². The molecule has 0 aromatic carbocycles. The lowest BCUT2D eigenvalue weighted by Crippen LogP contribution is -2.36. The maximum atomic E-state index is 6.04. The van der Waals surface area contributed by atoms with Crippen LogP contribution in [-0.2, 0) is 0 Å². The monoisotopic (exact) mass is 413 g/mol. The third-order valence-electron chi connectivity index (χ3n) is 4.68. The van der Waals surface area contributed by atoms with E-state index in [1.165, 1.54) is 0 Å². The summed E-state index contributed by atoms with van der Waals surface area (Å²) in [6, 6.07) is 9.40. The van der Waals surface area contributed by atoms with Gasteiger partial charge in [0, 0.05) is 24.1 Å². The molecule has 4 aromatic heterocycles. The van der Waals surface area contributed by atoms with E-state index >= 15 is 0 Å². The van der Waals surface area contributed by atoms with Gasteiger partial charge in [0.2, 0.25) is 0 Å². The zero-order valence-corrected chi connectivity index (χ0v) is 18.6. The van der Waals surface area contributed by atoms with Gasteiger partial charge >= 0.3 is 0 Å². The fourth-order valence-corrected chi connectivity index (χ4v) is 3.98. The van der Waals surface area contributed by atoms with Crippen LogP contribution in [0.4, 0.5) is 5.82 Å². The molecule has 0 amide bonds. The van der Waals surface area contributed by atoms with Crippen LogP contribution >= 0.6 is 0 Å². The van der Waals surface area contributed by atoms with Crippen molar-refractivity contribution in [3.63, 3.8) is 0 Å². The molecule has 0 aliphatic carbocycles. The van der Waals surface area contributed by atoms with Crippen molar-refractivity contribution in [1.82, 2.24) is 19.4 Å². The van der Waals surface area contributed by atoms with Gasteiger partial charge in [-0.1, -0.05) is 26.8 Å². The van der Waals surface area contributed by atoms with Crippen LogP contribution in [0.5, 0.6) is 0 Å². The summed E-state index contributed by atoms with van der Waals surface area (Å²) in [5.74, 6) is 8.16. The molecule has 0 radical (unpaired) electrons. The van der Waals surface area contributed by atoms with Gasteiger partial charge in [0.25, 0.3) is 0 Å². The minimum absolute atomic E-state index is 0.152. The van der Waals surface area contributed by atoms with E-state index in [4.69, 9.17) is 9.40 Å². The molecule has 0 bridgehead atoms. The lowest BCUT2D eigenvalue weighted by atomic mass is 9.82. The van der Waals surface area contributed by atoms with Gasteiger partial charge < -0.3 is 9.73 Å². The Morgan fingerprint density at radius 2 is 1.87 bits per heavy atom. The van der Waals surface area contributed by atoms with Crippen LogP contribution in [0.15, 0.2) is 59.5 Å². The summed E-state index contributed by atoms with van der Waals surface area (Å²) in [6.07, 6.45) is 8.12. The van der Waals surface area contributed by atoms with Crippen molar-refractivity contribution in [2.45, 2.75) is 46.6 Å². The number of fused-ring (bicyclic) bond motifs is 1. The molecule has 31 heavy (non-hydrogen) atoms. The van der Waals surface area contributed by atoms with Gasteiger partial charge in [0.1, 0.15) is 17.2 Å². The van der Waals surface area contributed by atoms with Crippen molar-refractivity contribution in [2.24, 2.45) is 5.41 Å². The van der Waals surface area contributed by atoms with E-state index in [1.807, 2.05) is 40.9 Å². The first kappa shape index (κ1) is 20.7. The first-order valence-electron chi connectivity index (χ1n) is 10.3. The highest BCUT2D eigenvalue weighted by Crippen LogP contribution is 2.35. The molecule has 0 aliphatic rings. The van der Waals surface area contributed by atoms with Gasteiger partial charge in [-0.05, 0) is 61.8 Å². The minimum Gasteiger partial charge on any atom is -0.446 e. The summed E-state index contributed by atoms with van der Waals surface area (Å²) >= 11 is 0. The highest BCUT2D eigenvalue weighted by atomic mass is 16.3. The topological polar surface area (TPSA) is 68.2 Å². The quantitative estimate of drug-likeness (QED) is 0.453. The Morgan fingerprint density at radius 1 is 1.03 bits per heavy atom. The molecule has 0 fully saturated rings. The summed E-state index contributed by atoms with van der Waals surface area (Å²) in [7, 11) is 0. The molecule has 0 aliphatic heterocycles. The molecule has 0 atom stereocenters. The molecule has 0 spiro atoms. The van der Waals surface area contributed by atoms with Gasteiger partial charge in [0.15, 0.2) is 17.2 Å². The standard InChI is InChI=1S/C25H27N5O/c1-24(2,3)17-25(4,5)29-23-22(28-21-16-26-14-15-30(21)23)20-12-11-19(31-20)10-9-18-8-6-7-13-27-18/h6-8,11-16,29H,17H2,1-5H3. The molecule has 158 valence electrons. The molecular formula is C25H27N5O. The molecule has 6 heteroatoms. The van der Waals surface area contributed by atoms with Crippen molar-refractivity contribution in [3.05, 3.63) is 66.6 Å². The molecule has 4 heterocycles. The van der Waals surface area contributed by atoms with E-state index < -0.39 is 0 Å². The van der Waals surface area contributed by atoms with Crippen molar-refractivity contribution in [2.75, 3.05) is 5.32 Å². The number of nitrogens with one attached hydrogen (secondary N) is 1. The van der Waals surface area contributed by atoms with Crippen LogP contribution in [0.1, 0.15) is 52.5 Å². The van der Waals surface area contributed by atoms with Crippen LogP contribution in [-0.4, -0.2) is 24.9 Å². The van der Waals surface area contributed by atoms with E-state index in [2.05, 4.69) is 61.7 Å². The van der Waals surface area contributed by atoms with E-state index in [0.29, 0.717) is 17.2 Å². The smallest absolute Gasteiger partial charge is 0.178 e.